The van der Waals surface area contributed by atoms with E-state index in [2.05, 4.69) is 10.2 Å². The minimum atomic E-state index is -0.398. The number of rotatable bonds is 7. The summed E-state index contributed by atoms with van der Waals surface area (Å²) in [7, 11) is 1.63. The van der Waals surface area contributed by atoms with Crippen molar-refractivity contribution in [1.82, 2.24) is 9.47 Å². The van der Waals surface area contributed by atoms with E-state index >= 15 is 0 Å². The molecule has 1 saturated heterocycles. The summed E-state index contributed by atoms with van der Waals surface area (Å²) >= 11 is 0. The molecule has 0 atom stereocenters. The molecule has 0 aliphatic carbocycles. The summed E-state index contributed by atoms with van der Waals surface area (Å²) in [6, 6.07) is 17.1. The average Bonchev–Trinajstić information content (AvgIpc) is 2.84. The van der Waals surface area contributed by atoms with Crippen molar-refractivity contribution >= 4 is 11.6 Å². The molecular formula is C26H29N3O4. The number of nitrogens with zero attached hydrogens (tertiary/aromatic N) is 2. The molecule has 0 unspecified atom stereocenters. The number of methoxy groups -OCH3 is 1. The highest BCUT2D eigenvalue weighted by atomic mass is 16.5. The number of aryl methyl sites for hydroxylation is 1. The van der Waals surface area contributed by atoms with E-state index in [4.69, 9.17) is 9.47 Å². The molecule has 2 heterocycles. The van der Waals surface area contributed by atoms with Crippen LogP contribution in [-0.2, 0) is 11.3 Å². The fraction of sp³-hybridized carbons (Fsp3) is 0.308. The van der Waals surface area contributed by atoms with Gasteiger partial charge in [-0.15, -0.1) is 0 Å². The van der Waals surface area contributed by atoms with Gasteiger partial charge in [-0.2, -0.15) is 0 Å². The molecular weight excluding hydrogens is 418 g/mol. The van der Waals surface area contributed by atoms with Crippen LogP contribution >= 0.6 is 0 Å². The normalized spacial score (nSPS) is 14.1. The lowest BCUT2D eigenvalue weighted by Crippen LogP contribution is -2.40. The summed E-state index contributed by atoms with van der Waals surface area (Å²) in [4.78, 5) is 28.4. The molecule has 0 bridgehead atoms. The second kappa shape index (κ2) is 10.5. The van der Waals surface area contributed by atoms with Crippen molar-refractivity contribution in [3.8, 4) is 16.9 Å². The van der Waals surface area contributed by atoms with Crippen LogP contribution in [-0.4, -0.2) is 55.3 Å². The minimum absolute atomic E-state index is 0.175. The number of aromatic nitrogens is 1. The summed E-state index contributed by atoms with van der Waals surface area (Å²) in [6.45, 7) is 6.22. The molecule has 4 rings (SSSR count). The summed E-state index contributed by atoms with van der Waals surface area (Å²) < 4.78 is 12.2. The van der Waals surface area contributed by atoms with Gasteiger partial charge >= 0.3 is 0 Å². The summed E-state index contributed by atoms with van der Waals surface area (Å²) in [5.41, 5.74) is 3.17. The van der Waals surface area contributed by atoms with Crippen molar-refractivity contribution < 1.29 is 14.3 Å². The largest absolute Gasteiger partial charge is 0.497 e. The highest BCUT2D eigenvalue weighted by Gasteiger charge is 2.17. The van der Waals surface area contributed by atoms with Crippen LogP contribution in [0.25, 0.3) is 11.1 Å². The van der Waals surface area contributed by atoms with Gasteiger partial charge in [0.15, 0.2) is 0 Å². The van der Waals surface area contributed by atoms with Crippen molar-refractivity contribution in [1.29, 1.82) is 0 Å². The van der Waals surface area contributed by atoms with Crippen LogP contribution in [0.2, 0.25) is 0 Å². The fourth-order valence-electron chi connectivity index (χ4n) is 3.94. The second-order valence-electron chi connectivity index (χ2n) is 8.09. The van der Waals surface area contributed by atoms with Gasteiger partial charge in [0.25, 0.3) is 11.5 Å². The first kappa shape index (κ1) is 22.8. The van der Waals surface area contributed by atoms with Gasteiger partial charge in [-0.3, -0.25) is 14.5 Å². The van der Waals surface area contributed by atoms with Crippen LogP contribution in [0.4, 0.5) is 5.69 Å². The fourth-order valence-corrected chi connectivity index (χ4v) is 3.94. The molecule has 0 saturated carbocycles. The first-order valence-corrected chi connectivity index (χ1v) is 11.1. The van der Waals surface area contributed by atoms with Crippen LogP contribution in [0, 0.1) is 6.92 Å². The Morgan fingerprint density at radius 1 is 1.03 bits per heavy atom. The van der Waals surface area contributed by atoms with Crippen LogP contribution < -0.4 is 15.6 Å². The van der Waals surface area contributed by atoms with E-state index in [0.29, 0.717) is 31.0 Å². The average molecular weight is 448 g/mol. The lowest BCUT2D eigenvalue weighted by atomic mass is 10.0. The molecule has 1 aromatic heterocycles. The SMILES string of the molecule is COc1ccc(-c2cccc(NC(=O)c3c(C)ccn(CCN4CCOCC4)c3=O)c2)cc1. The highest BCUT2D eigenvalue weighted by molar-refractivity contribution is 6.05. The van der Waals surface area contributed by atoms with Gasteiger partial charge < -0.3 is 19.4 Å². The van der Waals surface area contributed by atoms with Gasteiger partial charge in [-0.1, -0.05) is 24.3 Å². The number of benzene rings is 2. The number of morpholine rings is 1. The van der Waals surface area contributed by atoms with Gasteiger partial charge in [0, 0.05) is 38.1 Å². The molecule has 0 radical (unpaired) electrons. The Labute approximate surface area is 193 Å². The summed E-state index contributed by atoms with van der Waals surface area (Å²) in [6.07, 6.45) is 1.76. The zero-order chi connectivity index (χ0) is 23.2. The topological polar surface area (TPSA) is 72.8 Å². The van der Waals surface area contributed by atoms with E-state index in [1.165, 1.54) is 0 Å². The van der Waals surface area contributed by atoms with Crippen LogP contribution in [0.1, 0.15) is 15.9 Å². The van der Waals surface area contributed by atoms with Gasteiger partial charge in [0.2, 0.25) is 0 Å². The number of nitrogens with one attached hydrogen (secondary N) is 1. The number of carbonyl (C=O) groups is 1. The maximum atomic E-state index is 13.1. The lowest BCUT2D eigenvalue weighted by molar-refractivity contribution is 0.0363. The molecule has 2 aromatic carbocycles. The van der Waals surface area contributed by atoms with E-state index in [-0.39, 0.29) is 11.1 Å². The molecule has 1 aliphatic heterocycles. The monoisotopic (exact) mass is 447 g/mol. The van der Waals surface area contributed by atoms with Gasteiger partial charge in [0.1, 0.15) is 11.3 Å². The van der Waals surface area contributed by atoms with E-state index in [0.717, 1.165) is 36.5 Å². The number of hydrogen-bond donors (Lipinski definition) is 1. The van der Waals surface area contributed by atoms with E-state index in [1.54, 1.807) is 24.8 Å². The Kier molecular flexibility index (Phi) is 7.22. The minimum Gasteiger partial charge on any atom is -0.497 e. The Morgan fingerprint density at radius 2 is 1.79 bits per heavy atom. The van der Waals surface area contributed by atoms with Crippen molar-refractivity contribution in [3.05, 3.63) is 82.3 Å². The molecule has 0 spiro atoms. The smallest absolute Gasteiger partial charge is 0.263 e. The number of anilines is 1. The number of carbonyl (C=O) groups excluding carboxylic acids is 1. The maximum Gasteiger partial charge on any atom is 0.263 e. The zero-order valence-electron chi connectivity index (χ0n) is 19.0. The third kappa shape index (κ3) is 5.50. The van der Waals surface area contributed by atoms with Crippen molar-refractivity contribution in [2.45, 2.75) is 13.5 Å². The third-order valence-electron chi connectivity index (χ3n) is 5.91. The second-order valence-corrected chi connectivity index (χ2v) is 8.09. The maximum absolute atomic E-state index is 13.1. The first-order valence-electron chi connectivity index (χ1n) is 11.1. The van der Waals surface area contributed by atoms with Crippen LogP contribution in [0.15, 0.2) is 65.6 Å². The van der Waals surface area contributed by atoms with E-state index in [9.17, 15) is 9.59 Å². The number of amides is 1. The van der Waals surface area contributed by atoms with Crippen LogP contribution in [0.3, 0.4) is 0 Å². The Balaban J connectivity index is 1.50. The predicted octanol–water partition coefficient (Wildman–Crippen LogP) is 3.42. The highest BCUT2D eigenvalue weighted by Crippen LogP contribution is 2.25. The summed E-state index contributed by atoms with van der Waals surface area (Å²) in [5.74, 6) is 0.387. The van der Waals surface area contributed by atoms with E-state index in [1.807, 2.05) is 54.6 Å². The standard InChI is InChI=1S/C26H29N3O4/c1-19-10-11-29(13-12-28-14-16-33-17-15-28)26(31)24(19)25(30)27-22-5-3-4-21(18-22)20-6-8-23(32-2)9-7-20/h3-11,18H,12-17H2,1-2H3,(H,27,30). The number of pyridine rings is 1. The Hall–Kier alpha value is -3.42. The Bertz CT molecular complexity index is 1160. The molecule has 1 N–H and O–H groups in total. The van der Waals surface area contributed by atoms with Crippen LogP contribution in [0.5, 0.6) is 5.75 Å². The molecule has 1 fully saturated rings. The molecule has 172 valence electrons. The molecule has 3 aromatic rings. The van der Waals surface area contributed by atoms with Gasteiger partial charge in [0.05, 0.1) is 20.3 Å². The van der Waals surface area contributed by atoms with Gasteiger partial charge in [-0.05, 0) is 53.9 Å². The summed E-state index contributed by atoms with van der Waals surface area (Å²) in [5, 5.41) is 2.90. The zero-order valence-corrected chi connectivity index (χ0v) is 19.0. The van der Waals surface area contributed by atoms with Crippen molar-refractivity contribution in [2.24, 2.45) is 0 Å². The molecule has 7 nitrogen and oxygen atoms in total. The Morgan fingerprint density at radius 3 is 2.52 bits per heavy atom. The van der Waals surface area contributed by atoms with Crippen molar-refractivity contribution in [3.63, 3.8) is 0 Å². The number of hydrogen-bond acceptors (Lipinski definition) is 5. The molecule has 1 aliphatic rings. The van der Waals surface area contributed by atoms with Gasteiger partial charge in [-0.25, -0.2) is 0 Å². The van der Waals surface area contributed by atoms with Crippen molar-refractivity contribution in [2.75, 3.05) is 45.3 Å². The molecule has 7 heteroatoms. The van der Waals surface area contributed by atoms with E-state index < -0.39 is 5.91 Å². The molecule has 33 heavy (non-hydrogen) atoms. The molecule has 1 amide bonds. The lowest BCUT2D eigenvalue weighted by Gasteiger charge is -2.26. The quantitative estimate of drug-likeness (QED) is 0.601. The third-order valence-corrected chi connectivity index (χ3v) is 5.91. The predicted molar refractivity (Wildman–Crippen MR) is 129 cm³/mol. The first-order chi connectivity index (χ1) is 16.0. The number of ether oxygens (including phenoxy) is 2.